The van der Waals surface area contributed by atoms with Crippen molar-refractivity contribution in [2.24, 2.45) is 0 Å². The molecule has 2 heterocycles. The van der Waals surface area contributed by atoms with Crippen LogP contribution in [0.5, 0.6) is 11.5 Å². The lowest BCUT2D eigenvalue weighted by Crippen LogP contribution is -2.49. The first-order valence-corrected chi connectivity index (χ1v) is 14.1. The molecule has 1 aliphatic rings. The van der Waals surface area contributed by atoms with E-state index < -0.39 is 11.9 Å². The first kappa shape index (κ1) is 30.1. The maximum absolute atomic E-state index is 13.1. The maximum atomic E-state index is 13.1. The third-order valence-corrected chi connectivity index (χ3v) is 7.09. The quantitative estimate of drug-likeness (QED) is 0.306. The highest BCUT2D eigenvalue weighted by Gasteiger charge is 2.35. The Morgan fingerprint density at radius 3 is 2.32 bits per heavy atom. The van der Waals surface area contributed by atoms with Gasteiger partial charge in [0.15, 0.2) is 11.5 Å². The fraction of sp³-hybridized carbons (Fsp3) is 0.452. The zero-order valence-corrected chi connectivity index (χ0v) is 24.4. The first-order valence-electron chi connectivity index (χ1n) is 14.1. The molecule has 0 bridgehead atoms. The molecule has 3 aromatic rings. The summed E-state index contributed by atoms with van der Waals surface area (Å²) in [4.78, 5) is 28.2. The molecule has 10 nitrogen and oxygen atoms in total. The molecule has 0 spiro atoms. The number of carbonyl (C=O) groups excluding carboxylic acids is 2. The van der Waals surface area contributed by atoms with Crippen molar-refractivity contribution in [1.82, 2.24) is 15.4 Å². The summed E-state index contributed by atoms with van der Waals surface area (Å²) in [6.45, 7) is 13.2. The molecule has 41 heavy (non-hydrogen) atoms. The van der Waals surface area contributed by atoms with E-state index in [4.69, 9.17) is 14.0 Å². The van der Waals surface area contributed by atoms with Crippen molar-refractivity contribution in [2.75, 3.05) is 26.2 Å². The molecule has 1 fully saturated rings. The summed E-state index contributed by atoms with van der Waals surface area (Å²) in [5, 5.41) is 28.0. The SMILES string of the molecule is CCNC(=O)c1noc(-c2cc(C(C)C)c(O)cc2O)c1-c1ccc([C@@H](C(=O)OCC)N2C[C@@H](C)O[C@@H](C)C2)cc1. The molecule has 0 saturated carbocycles. The van der Waals surface area contributed by atoms with Gasteiger partial charge in [0.25, 0.3) is 5.91 Å². The third kappa shape index (κ3) is 6.39. The minimum atomic E-state index is -0.627. The van der Waals surface area contributed by atoms with Gasteiger partial charge in [0.05, 0.1) is 29.9 Å². The van der Waals surface area contributed by atoms with Gasteiger partial charge in [0.1, 0.15) is 17.5 Å². The molecular weight excluding hydrogens is 526 g/mol. The minimum absolute atomic E-state index is 0.0340. The Bertz CT molecular complexity index is 1370. The lowest BCUT2D eigenvalue weighted by molar-refractivity contribution is -0.155. The van der Waals surface area contributed by atoms with Crippen LogP contribution in [-0.2, 0) is 14.3 Å². The van der Waals surface area contributed by atoms with Crippen molar-refractivity contribution in [2.45, 2.75) is 65.7 Å². The van der Waals surface area contributed by atoms with Crippen LogP contribution < -0.4 is 5.32 Å². The fourth-order valence-corrected chi connectivity index (χ4v) is 5.36. The predicted molar refractivity (Wildman–Crippen MR) is 154 cm³/mol. The van der Waals surface area contributed by atoms with E-state index in [1.165, 1.54) is 6.07 Å². The van der Waals surface area contributed by atoms with Crippen molar-refractivity contribution < 1.29 is 33.8 Å². The lowest BCUT2D eigenvalue weighted by Gasteiger charge is -2.39. The highest BCUT2D eigenvalue weighted by Crippen LogP contribution is 2.43. The molecule has 1 amide bonds. The van der Waals surface area contributed by atoms with Crippen molar-refractivity contribution in [1.29, 1.82) is 0 Å². The normalized spacial score (nSPS) is 18.3. The van der Waals surface area contributed by atoms with E-state index in [2.05, 4.69) is 15.4 Å². The Morgan fingerprint density at radius 1 is 1.07 bits per heavy atom. The van der Waals surface area contributed by atoms with E-state index in [0.29, 0.717) is 41.9 Å². The van der Waals surface area contributed by atoms with Crippen LogP contribution in [0.2, 0.25) is 0 Å². The number of hydrogen-bond donors (Lipinski definition) is 3. The summed E-state index contributed by atoms with van der Waals surface area (Å²) < 4.78 is 17.0. The van der Waals surface area contributed by atoms with Gasteiger partial charge in [-0.2, -0.15) is 0 Å². The van der Waals surface area contributed by atoms with E-state index in [-0.39, 0.29) is 53.7 Å². The molecule has 1 aliphatic heterocycles. The van der Waals surface area contributed by atoms with E-state index in [0.717, 1.165) is 5.56 Å². The topological polar surface area (TPSA) is 134 Å². The number of aromatic hydroxyl groups is 2. The van der Waals surface area contributed by atoms with Crippen LogP contribution in [0.3, 0.4) is 0 Å². The molecule has 0 unspecified atom stereocenters. The van der Waals surface area contributed by atoms with Crippen LogP contribution in [0.4, 0.5) is 0 Å². The molecule has 0 radical (unpaired) electrons. The van der Waals surface area contributed by atoms with Crippen LogP contribution >= 0.6 is 0 Å². The number of morpholine rings is 1. The van der Waals surface area contributed by atoms with Gasteiger partial charge in [0, 0.05) is 25.7 Å². The largest absolute Gasteiger partial charge is 0.508 e. The summed E-state index contributed by atoms with van der Waals surface area (Å²) in [5.41, 5.74) is 2.71. The summed E-state index contributed by atoms with van der Waals surface area (Å²) in [6, 6.07) is 9.54. The number of benzene rings is 2. The summed E-state index contributed by atoms with van der Waals surface area (Å²) in [5.74, 6) is -0.853. The highest BCUT2D eigenvalue weighted by atomic mass is 16.5. The predicted octanol–water partition coefficient (Wildman–Crippen LogP) is 5.01. The molecule has 10 heteroatoms. The summed E-state index contributed by atoms with van der Waals surface area (Å²) in [7, 11) is 0. The van der Waals surface area contributed by atoms with Gasteiger partial charge in [-0.15, -0.1) is 0 Å². The van der Waals surface area contributed by atoms with Crippen LogP contribution in [-0.4, -0.2) is 70.6 Å². The average Bonchev–Trinajstić information content (AvgIpc) is 3.34. The van der Waals surface area contributed by atoms with Gasteiger partial charge in [-0.25, -0.2) is 4.79 Å². The van der Waals surface area contributed by atoms with Gasteiger partial charge < -0.3 is 29.5 Å². The van der Waals surface area contributed by atoms with E-state index in [1.54, 1.807) is 32.0 Å². The zero-order valence-electron chi connectivity index (χ0n) is 24.4. The van der Waals surface area contributed by atoms with Gasteiger partial charge in [-0.1, -0.05) is 43.3 Å². The zero-order chi connectivity index (χ0) is 29.8. The van der Waals surface area contributed by atoms with Crippen LogP contribution in [0, 0.1) is 0 Å². The van der Waals surface area contributed by atoms with Crippen molar-refractivity contribution >= 4 is 11.9 Å². The number of esters is 1. The summed E-state index contributed by atoms with van der Waals surface area (Å²) >= 11 is 0. The standard InChI is InChI=1S/C31H39N3O7/c1-7-32-30(37)27-26(29(41-33-27)23-13-22(17(3)4)24(35)14-25(23)36)20-9-11-21(12-10-20)28(31(38)39-8-2)34-15-18(5)40-19(6)16-34/h9-14,17-19,28,35-36H,7-8,15-16H2,1-6H3,(H,32,37)/t18-,19+,28-/m0/s1. The number of phenols is 2. The molecule has 3 N–H and O–H groups in total. The Balaban J connectivity index is 1.81. The Morgan fingerprint density at radius 2 is 1.73 bits per heavy atom. The number of carbonyl (C=O) groups is 2. The smallest absolute Gasteiger partial charge is 0.328 e. The number of amides is 1. The van der Waals surface area contributed by atoms with Crippen molar-refractivity contribution in [3.8, 4) is 33.9 Å². The second kappa shape index (κ2) is 12.7. The molecule has 4 rings (SSSR count). The molecule has 1 saturated heterocycles. The lowest BCUT2D eigenvalue weighted by atomic mass is 9.93. The summed E-state index contributed by atoms with van der Waals surface area (Å²) in [6.07, 6.45) is -0.0780. The van der Waals surface area contributed by atoms with Gasteiger partial charge >= 0.3 is 5.97 Å². The van der Waals surface area contributed by atoms with Crippen LogP contribution in [0.25, 0.3) is 22.5 Å². The number of ether oxygens (including phenoxy) is 2. The van der Waals surface area contributed by atoms with Crippen molar-refractivity contribution in [3.63, 3.8) is 0 Å². The molecule has 1 aromatic heterocycles. The van der Waals surface area contributed by atoms with Crippen molar-refractivity contribution in [3.05, 3.63) is 53.2 Å². The number of rotatable bonds is 9. The Labute approximate surface area is 240 Å². The van der Waals surface area contributed by atoms with Gasteiger partial charge in [-0.05, 0) is 56.4 Å². The number of hydrogen-bond acceptors (Lipinski definition) is 9. The average molecular weight is 566 g/mol. The molecule has 0 aliphatic carbocycles. The molecular formula is C31H39N3O7. The van der Waals surface area contributed by atoms with E-state index >= 15 is 0 Å². The van der Waals surface area contributed by atoms with Crippen LogP contribution in [0.15, 0.2) is 40.9 Å². The Kier molecular flexibility index (Phi) is 9.35. The van der Waals surface area contributed by atoms with Crippen LogP contribution in [0.1, 0.15) is 75.1 Å². The monoisotopic (exact) mass is 565 g/mol. The number of nitrogens with zero attached hydrogens (tertiary/aromatic N) is 2. The second-order valence-electron chi connectivity index (χ2n) is 10.7. The molecule has 3 atom stereocenters. The fourth-order valence-electron chi connectivity index (χ4n) is 5.36. The molecule has 220 valence electrons. The van der Waals surface area contributed by atoms with Gasteiger partial charge in [-0.3, -0.25) is 9.69 Å². The van der Waals surface area contributed by atoms with Gasteiger partial charge in [0.2, 0.25) is 0 Å². The van der Waals surface area contributed by atoms with E-state index in [1.807, 2.05) is 39.8 Å². The molecule has 2 aromatic carbocycles. The third-order valence-electron chi connectivity index (χ3n) is 7.09. The second-order valence-corrected chi connectivity index (χ2v) is 10.7. The number of aromatic nitrogens is 1. The minimum Gasteiger partial charge on any atom is -0.508 e. The maximum Gasteiger partial charge on any atom is 0.328 e. The number of phenolic OH excluding ortho intramolecular Hbond substituents is 2. The van der Waals surface area contributed by atoms with E-state index in [9.17, 15) is 19.8 Å². The highest BCUT2D eigenvalue weighted by molar-refractivity contribution is 6.02. The first-order chi connectivity index (χ1) is 19.5. The Hall–Kier alpha value is -3.89. The number of nitrogens with one attached hydrogen (secondary N) is 1.